The summed E-state index contributed by atoms with van der Waals surface area (Å²) in [6.07, 6.45) is -2.59. The maximum absolute atomic E-state index is 12.7. The number of hydrogen-bond acceptors (Lipinski definition) is 1. The molecule has 1 aliphatic rings. The lowest BCUT2D eigenvalue weighted by Crippen LogP contribution is -2.09. The summed E-state index contributed by atoms with van der Waals surface area (Å²) in [5.41, 5.74) is 2.11. The van der Waals surface area contributed by atoms with E-state index in [0.29, 0.717) is 10.7 Å². The van der Waals surface area contributed by atoms with Gasteiger partial charge in [-0.25, -0.2) is 0 Å². The first-order chi connectivity index (χ1) is 9.93. The van der Waals surface area contributed by atoms with Crippen LogP contribution in [0.15, 0.2) is 42.5 Å². The van der Waals surface area contributed by atoms with Crippen LogP contribution in [0.2, 0.25) is 5.02 Å². The van der Waals surface area contributed by atoms with Crippen LogP contribution in [-0.2, 0) is 12.6 Å². The summed E-state index contributed by atoms with van der Waals surface area (Å²) in [7, 11) is 0. The number of halogens is 4. The van der Waals surface area contributed by atoms with E-state index in [9.17, 15) is 13.2 Å². The SMILES string of the molecule is FC(F)(F)c1cccc(NC2CCc3cc(Cl)ccc32)c1. The Morgan fingerprint density at radius 2 is 1.90 bits per heavy atom. The van der Waals surface area contributed by atoms with Gasteiger partial charge in [-0.3, -0.25) is 0 Å². The first kappa shape index (κ1) is 14.3. The molecule has 0 aliphatic heterocycles. The normalized spacial score (nSPS) is 17.6. The quantitative estimate of drug-likeness (QED) is 0.776. The van der Waals surface area contributed by atoms with Crippen molar-refractivity contribution in [1.29, 1.82) is 0 Å². The molecular weight excluding hydrogens is 299 g/mol. The molecule has 0 saturated carbocycles. The Balaban J connectivity index is 1.83. The first-order valence-electron chi connectivity index (χ1n) is 6.65. The molecule has 0 spiro atoms. The second kappa shape index (κ2) is 5.26. The Hall–Kier alpha value is -1.68. The van der Waals surface area contributed by atoms with Crippen molar-refractivity contribution in [2.45, 2.75) is 25.1 Å². The number of benzene rings is 2. The van der Waals surface area contributed by atoms with E-state index in [0.717, 1.165) is 36.1 Å². The van der Waals surface area contributed by atoms with Crippen molar-refractivity contribution in [2.75, 3.05) is 5.32 Å². The summed E-state index contributed by atoms with van der Waals surface area (Å²) in [6, 6.07) is 11.0. The molecule has 110 valence electrons. The standard InChI is InChI=1S/C16H13ClF3N/c17-12-5-6-14-10(8-12)4-7-15(14)21-13-3-1-2-11(9-13)16(18,19)20/h1-3,5-6,8-9,15,21H,4,7H2. The predicted octanol–water partition coefficient (Wildman–Crippen LogP) is 5.46. The van der Waals surface area contributed by atoms with Gasteiger partial charge in [0.25, 0.3) is 0 Å². The van der Waals surface area contributed by atoms with Crippen LogP contribution in [0, 0.1) is 0 Å². The molecule has 21 heavy (non-hydrogen) atoms. The van der Waals surface area contributed by atoms with Crippen LogP contribution in [0.4, 0.5) is 18.9 Å². The van der Waals surface area contributed by atoms with Gasteiger partial charge in [-0.2, -0.15) is 13.2 Å². The molecule has 1 nitrogen and oxygen atoms in total. The fraction of sp³-hybridized carbons (Fsp3) is 0.250. The monoisotopic (exact) mass is 311 g/mol. The van der Waals surface area contributed by atoms with E-state index >= 15 is 0 Å². The zero-order valence-electron chi connectivity index (χ0n) is 11.0. The highest BCUT2D eigenvalue weighted by atomic mass is 35.5. The van der Waals surface area contributed by atoms with Crippen molar-refractivity contribution in [3.8, 4) is 0 Å². The molecule has 0 heterocycles. The van der Waals surface area contributed by atoms with E-state index in [4.69, 9.17) is 11.6 Å². The van der Waals surface area contributed by atoms with Gasteiger partial charge in [0.05, 0.1) is 11.6 Å². The average molecular weight is 312 g/mol. The van der Waals surface area contributed by atoms with Crippen LogP contribution < -0.4 is 5.32 Å². The van der Waals surface area contributed by atoms with Gasteiger partial charge >= 0.3 is 6.18 Å². The number of rotatable bonds is 2. The maximum atomic E-state index is 12.7. The molecule has 1 unspecified atom stereocenters. The lowest BCUT2D eigenvalue weighted by atomic mass is 10.1. The minimum absolute atomic E-state index is 0.0285. The molecule has 0 fully saturated rings. The third-order valence-electron chi connectivity index (χ3n) is 3.71. The molecular formula is C16H13ClF3N. The number of nitrogens with one attached hydrogen (secondary N) is 1. The zero-order valence-corrected chi connectivity index (χ0v) is 11.8. The van der Waals surface area contributed by atoms with Gasteiger partial charge in [0.1, 0.15) is 0 Å². The molecule has 0 radical (unpaired) electrons. The highest BCUT2D eigenvalue weighted by molar-refractivity contribution is 6.30. The van der Waals surface area contributed by atoms with Gasteiger partial charge in [0.2, 0.25) is 0 Å². The van der Waals surface area contributed by atoms with Crippen LogP contribution in [0.25, 0.3) is 0 Å². The molecule has 2 aromatic carbocycles. The largest absolute Gasteiger partial charge is 0.416 e. The smallest absolute Gasteiger partial charge is 0.378 e. The van der Waals surface area contributed by atoms with Crippen LogP contribution >= 0.6 is 11.6 Å². The summed E-state index contributed by atoms with van der Waals surface area (Å²) < 4.78 is 38.2. The fourth-order valence-corrected chi connectivity index (χ4v) is 2.92. The third-order valence-corrected chi connectivity index (χ3v) is 3.95. The highest BCUT2D eigenvalue weighted by Crippen LogP contribution is 2.36. The van der Waals surface area contributed by atoms with E-state index in [1.165, 1.54) is 6.07 Å². The van der Waals surface area contributed by atoms with Crippen LogP contribution in [0.1, 0.15) is 29.2 Å². The molecule has 3 rings (SSSR count). The summed E-state index contributed by atoms with van der Waals surface area (Å²) in [6.45, 7) is 0. The minimum Gasteiger partial charge on any atom is -0.378 e. The highest BCUT2D eigenvalue weighted by Gasteiger charge is 2.31. The number of alkyl halides is 3. The molecule has 0 bridgehead atoms. The predicted molar refractivity (Wildman–Crippen MR) is 77.6 cm³/mol. The Labute approximate surface area is 125 Å². The molecule has 5 heteroatoms. The number of anilines is 1. The Morgan fingerprint density at radius 1 is 1.10 bits per heavy atom. The van der Waals surface area contributed by atoms with Crippen molar-refractivity contribution in [2.24, 2.45) is 0 Å². The van der Waals surface area contributed by atoms with Gasteiger partial charge in [0, 0.05) is 10.7 Å². The lowest BCUT2D eigenvalue weighted by molar-refractivity contribution is -0.137. The summed E-state index contributed by atoms with van der Waals surface area (Å²) in [5.74, 6) is 0. The van der Waals surface area contributed by atoms with Gasteiger partial charge in [-0.1, -0.05) is 23.7 Å². The number of aryl methyl sites for hydroxylation is 1. The average Bonchev–Trinajstić information content (AvgIpc) is 2.80. The summed E-state index contributed by atoms with van der Waals surface area (Å²) in [4.78, 5) is 0. The van der Waals surface area contributed by atoms with Gasteiger partial charge in [-0.05, 0) is 54.3 Å². The van der Waals surface area contributed by atoms with E-state index in [-0.39, 0.29) is 6.04 Å². The van der Waals surface area contributed by atoms with Crippen molar-refractivity contribution < 1.29 is 13.2 Å². The van der Waals surface area contributed by atoms with Gasteiger partial charge in [0.15, 0.2) is 0 Å². The first-order valence-corrected chi connectivity index (χ1v) is 7.03. The molecule has 0 amide bonds. The topological polar surface area (TPSA) is 12.0 Å². The van der Waals surface area contributed by atoms with Crippen molar-refractivity contribution in [3.05, 3.63) is 64.2 Å². The van der Waals surface area contributed by atoms with Crippen LogP contribution in [0.5, 0.6) is 0 Å². The van der Waals surface area contributed by atoms with E-state index < -0.39 is 11.7 Å². The Kier molecular flexibility index (Phi) is 3.57. The molecule has 1 aliphatic carbocycles. The molecule has 1 atom stereocenters. The van der Waals surface area contributed by atoms with E-state index in [1.807, 2.05) is 18.2 Å². The number of hydrogen-bond donors (Lipinski definition) is 1. The summed E-state index contributed by atoms with van der Waals surface area (Å²) >= 11 is 5.96. The van der Waals surface area contributed by atoms with Crippen molar-refractivity contribution in [1.82, 2.24) is 0 Å². The Bertz CT molecular complexity index is 667. The minimum atomic E-state index is -4.32. The van der Waals surface area contributed by atoms with Crippen LogP contribution in [-0.4, -0.2) is 0 Å². The van der Waals surface area contributed by atoms with Crippen LogP contribution in [0.3, 0.4) is 0 Å². The third kappa shape index (κ3) is 3.00. The maximum Gasteiger partial charge on any atom is 0.416 e. The second-order valence-corrected chi connectivity index (χ2v) is 5.59. The number of fused-ring (bicyclic) bond motifs is 1. The second-order valence-electron chi connectivity index (χ2n) is 5.16. The van der Waals surface area contributed by atoms with Gasteiger partial charge < -0.3 is 5.32 Å². The Morgan fingerprint density at radius 3 is 2.67 bits per heavy atom. The summed E-state index contributed by atoms with van der Waals surface area (Å²) in [5, 5.41) is 3.87. The van der Waals surface area contributed by atoms with Crippen molar-refractivity contribution in [3.63, 3.8) is 0 Å². The molecule has 2 aromatic rings. The van der Waals surface area contributed by atoms with E-state index in [2.05, 4.69) is 5.32 Å². The fourth-order valence-electron chi connectivity index (χ4n) is 2.72. The van der Waals surface area contributed by atoms with E-state index in [1.54, 1.807) is 6.07 Å². The zero-order chi connectivity index (χ0) is 15.0. The molecule has 0 aromatic heterocycles. The lowest BCUT2D eigenvalue weighted by Gasteiger charge is -2.17. The van der Waals surface area contributed by atoms with Crippen molar-refractivity contribution >= 4 is 17.3 Å². The molecule has 1 N–H and O–H groups in total. The molecule has 0 saturated heterocycles. The van der Waals surface area contributed by atoms with Gasteiger partial charge in [-0.15, -0.1) is 0 Å².